The lowest BCUT2D eigenvalue weighted by Crippen LogP contribution is -2.31. The fraction of sp³-hybridized carbons (Fsp3) is 0.725. The van der Waals surface area contributed by atoms with E-state index < -0.39 is 0 Å². The topological polar surface area (TPSA) is 84.5 Å². The quantitative estimate of drug-likeness (QED) is 0.126. The molecule has 3 heterocycles. The Morgan fingerprint density at radius 1 is 0.875 bits per heavy atom. The van der Waals surface area contributed by atoms with Gasteiger partial charge in [-0.15, -0.1) is 0 Å². The van der Waals surface area contributed by atoms with Crippen molar-refractivity contribution in [3.05, 3.63) is 60.2 Å². The molecule has 1 N–H and O–H groups in total. The minimum Gasteiger partial charge on any atom is -0.356 e. The molecule has 0 bridgehead atoms. The van der Waals surface area contributed by atoms with Crippen LogP contribution in [0.1, 0.15) is 109 Å². The molecule has 3 saturated heterocycles. The van der Waals surface area contributed by atoms with E-state index >= 15 is 0 Å². The zero-order chi connectivity index (χ0) is 33.2. The molecular weight excluding hydrogens is 606 g/mol. The molecule has 1 aromatic rings. The molecule has 2 unspecified atom stereocenters. The van der Waals surface area contributed by atoms with E-state index in [1.165, 1.54) is 5.56 Å². The predicted octanol–water partition coefficient (Wildman–Crippen LogP) is 7.80. The van der Waals surface area contributed by atoms with Crippen LogP contribution in [0.15, 0.2) is 54.6 Å². The maximum absolute atomic E-state index is 11.9. The van der Waals surface area contributed by atoms with Crippen molar-refractivity contribution < 1.29 is 33.2 Å². The van der Waals surface area contributed by atoms with E-state index in [9.17, 15) is 4.79 Å². The van der Waals surface area contributed by atoms with Gasteiger partial charge in [0.25, 0.3) is 0 Å². The summed E-state index contributed by atoms with van der Waals surface area (Å²) in [5.41, 5.74) is 1.32. The van der Waals surface area contributed by atoms with Gasteiger partial charge in [0, 0.05) is 45.1 Å². The smallest absolute Gasteiger partial charge is 0.219 e. The van der Waals surface area contributed by atoms with Crippen molar-refractivity contribution >= 4 is 5.91 Å². The summed E-state index contributed by atoms with van der Waals surface area (Å²) in [5.74, 6) is 0.486. The zero-order valence-corrected chi connectivity index (χ0v) is 29.3. The van der Waals surface area contributed by atoms with E-state index in [2.05, 4.69) is 60.0 Å². The van der Waals surface area contributed by atoms with Crippen molar-refractivity contribution in [2.24, 2.45) is 11.8 Å². The van der Waals surface area contributed by atoms with E-state index in [4.69, 9.17) is 28.4 Å². The second-order valence-electron chi connectivity index (χ2n) is 13.9. The molecule has 3 aliphatic heterocycles. The van der Waals surface area contributed by atoms with Gasteiger partial charge in [0.1, 0.15) is 0 Å². The largest absolute Gasteiger partial charge is 0.356 e. The fourth-order valence-corrected chi connectivity index (χ4v) is 7.46. The van der Waals surface area contributed by atoms with E-state index in [1.807, 2.05) is 6.92 Å². The Morgan fingerprint density at radius 3 is 2.19 bits per heavy atom. The number of ether oxygens (including phenoxy) is 6. The second kappa shape index (κ2) is 21.2. The Hall–Kier alpha value is -2.07. The summed E-state index contributed by atoms with van der Waals surface area (Å²) < 4.78 is 38.4. The van der Waals surface area contributed by atoms with Crippen LogP contribution in [0.3, 0.4) is 0 Å². The molecule has 0 aromatic heterocycles. The molecule has 8 heteroatoms. The van der Waals surface area contributed by atoms with E-state index in [0.717, 1.165) is 116 Å². The highest BCUT2D eigenvalue weighted by Crippen LogP contribution is 2.42. The summed E-state index contributed by atoms with van der Waals surface area (Å²) in [4.78, 5) is 11.9. The van der Waals surface area contributed by atoms with Crippen molar-refractivity contribution in [2.45, 2.75) is 147 Å². The lowest BCUT2D eigenvalue weighted by molar-refractivity contribution is -0.203. The molecule has 4 fully saturated rings. The first kappa shape index (κ1) is 37.2. The number of nitrogens with one attached hydrogen (secondary N) is 1. The van der Waals surface area contributed by atoms with Gasteiger partial charge in [-0.05, 0) is 108 Å². The molecule has 268 valence electrons. The fourth-order valence-electron chi connectivity index (χ4n) is 7.46. The van der Waals surface area contributed by atoms with Crippen LogP contribution in [-0.4, -0.2) is 69.5 Å². The SMILES string of the molecule is CCNC(=O)CCC/C=C\C[C@@H]1[C@@H](/C=C/[C@H](CCc2ccccc2)O[C@H]2CCCCO2)[C@H](OC2CCCCO2)C[C@@H]1OC1CCCCO1. The normalized spacial score (nSPS) is 30.6. The number of carbonyl (C=O) groups is 1. The van der Waals surface area contributed by atoms with Gasteiger partial charge in [0.05, 0.1) is 18.3 Å². The average molecular weight is 668 g/mol. The van der Waals surface area contributed by atoms with Crippen LogP contribution < -0.4 is 5.32 Å². The number of hydrogen-bond acceptors (Lipinski definition) is 7. The number of hydrogen-bond donors (Lipinski definition) is 1. The molecule has 8 nitrogen and oxygen atoms in total. The maximum atomic E-state index is 11.9. The number of amides is 1. The third-order valence-corrected chi connectivity index (χ3v) is 10.1. The molecule has 48 heavy (non-hydrogen) atoms. The second-order valence-corrected chi connectivity index (χ2v) is 13.9. The molecule has 0 radical (unpaired) electrons. The summed E-state index contributed by atoms with van der Waals surface area (Å²) >= 11 is 0. The molecule has 1 aromatic carbocycles. The van der Waals surface area contributed by atoms with Gasteiger partial charge < -0.3 is 33.7 Å². The number of aryl methyl sites for hydroxylation is 1. The Balaban J connectivity index is 1.32. The first-order valence-corrected chi connectivity index (χ1v) is 19.1. The highest BCUT2D eigenvalue weighted by atomic mass is 16.7. The first-order valence-electron chi connectivity index (χ1n) is 19.1. The number of allylic oxidation sites excluding steroid dienone is 2. The zero-order valence-electron chi connectivity index (χ0n) is 29.3. The lowest BCUT2D eigenvalue weighted by atomic mass is 9.89. The molecule has 8 atom stereocenters. The van der Waals surface area contributed by atoms with Crippen molar-refractivity contribution in [3.8, 4) is 0 Å². The summed E-state index contributed by atoms with van der Waals surface area (Å²) in [6.07, 6.45) is 23.9. The number of benzene rings is 1. The van der Waals surface area contributed by atoms with Crippen LogP contribution in [0.2, 0.25) is 0 Å². The van der Waals surface area contributed by atoms with Crippen LogP contribution >= 0.6 is 0 Å². The van der Waals surface area contributed by atoms with Crippen molar-refractivity contribution in [3.63, 3.8) is 0 Å². The van der Waals surface area contributed by atoms with Crippen LogP contribution in [0.4, 0.5) is 0 Å². The van der Waals surface area contributed by atoms with Gasteiger partial charge in [-0.3, -0.25) is 4.79 Å². The molecular formula is C40H61NO7. The first-order chi connectivity index (χ1) is 23.7. The Bertz CT molecular complexity index is 1080. The molecule has 1 amide bonds. The molecule has 1 saturated carbocycles. The Labute approximate surface area is 289 Å². The standard InChI is InChI=1S/C40H61NO7/c1-2-41-37(42)19-9-4-3-8-18-33-34(26-25-32(46-38-20-10-13-27-43-38)24-23-31-16-6-5-7-17-31)36(48-40-22-12-15-29-45-40)30-35(33)47-39-21-11-14-28-44-39/h3,5-8,16-17,25-26,32-36,38-40H,2,4,9-15,18-24,27-30H2,1H3,(H,41,42)/b8-3-,26-25+/t32-,33+,34+,35-,36+,38-,39?,40?/m0/s1. The Kier molecular flexibility index (Phi) is 16.4. The number of carbonyl (C=O) groups excluding carboxylic acids is 1. The van der Waals surface area contributed by atoms with Gasteiger partial charge in [0.2, 0.25) is 5.91 Å². The minimum atomic E-state index is -0.171. The number of unbranched alkanes of at least 4 members (excludes halogenated alkanes) is 1. The van der Waals surface area contributed by atoms with Crippen LogP contribution in [-0.2, 0) is 39.6 Å². The summed E-state index contributed by atoms with van der Waals surface area (Å²) in [6, 6.07) is 10.7. The summed E-state index contributed by atoms with van der Waals surface area (Å²) in [7, 11) is 0. The van der Waals surface area contributed by atoms with Gasteiger partial charge in [0.15, 0.2) is 18.9 Å². The van der Waals surface area contributed by atoms with Gasteiger partial charge in [-0.2, -0.15) is 0 Å². The van der Waals surface area contributed by atoms with Crippen LogP contribution in [0.25, 0.3) is 0 Å². The monoisotopic (exact) mass is 667 g/mol. The highest BCUT2D eigenvalue weighted by Gasteiger charge is 2.45. The average Bonchev–Trinajstić information content (AvgIpc) is 3.43. The highest BCUT2D eigenvalue weighted by molar-refractivity contribution is 5.75. The van der Waals surface area contributed by atoms with Crippen molar-refractivity contribution in [1.29, 1.82) is 0 Å². The summed E-state index contributed by atoms with van der Waals surface area (Å²) in [6.45, 7) is 4.92. The van der Waals surface area contributed by atoms with E-state index in [1.54, 1.807) is 0 Å². The van der Waals surface area contributed by atoms with Crippen LogP contribution in [0.5, 0.6) is 0 Å². The number of rotatable bonds is 18. The van der Waals surface area contributed by atoms with Crippen molar-refractivity contribution in [2.75, 3.05) is 26.4 Å². The van der Waals surface area contributed by atoms with Gasteiger partial charge in [-0.25, -0.2) is 0 Å². The molecule has 0 spiro atoms. The summed E-state index contributed by atoms with van der Waals surface area (Å²) in [5, 5.41) is 2.90. The molecule has 1 aliphatic carbocycles. The lowest BCUT2D eigenvalue weighted by Gasteiger charge is -2.30. The third kappa shape index (κ3) is 12.7. The maximum Gasteiger partial charge on any atom is 0.219 e. The van der Waals surface area contributed by atoms with E-state index in [0.29, 0.717) is 13.0 Å². The Morgan fingerprint density at radius 2 is 1.54 bits per heavy atom. The molecule has 5 rings (SSSR count). The van der Waals surface area contributed by atoms with E-state index in [-0.39, 0.29) is 54.9 Å². The predicted molar refractivity (Wildman–Crippen MR) is 187 cm³/mol. The minimum absolute atomic E-state index is 0.0155. The van der Waals surface area contributed by atoms with Gasteiger partial charge in [-0.1, -0.05) is 54.6 Å². The van der Waals surface area contributed by atoms with Crippen molar-refractivity contribution in [1.82, 2.24) is 5.32 Å². The van der Waals surface area contributed by atoms with Crippen LogP contribution in [0, 0.1) is 11.8 Å². The third-order valence-electron chi connectivity index (χ3n) is 10.1. The molecule has 4 aliphatic rings. The van der Waals surface area contributed by atoms with Gasteiger partial charge >= 0.3 is 0 Å².